The van der Waals surface area contributed by atoms with Crippen molar-refractivity contribution >= 4 is 17.8 Å². The molecule has 0 amide bonds. The summed E-state index contributed by atoms with van der Waals surface area (Å²) in [6.07, 6.45) is 0.177. The van der Waals surface area contributed by atoms with Gasteiger partial charge in [-0.15, -0.1) is 0 Å². The second-order valence-electron chi connectivity index (χ2n) is 2.74. The first-order chi connectivity index (χ1) is 6.83. The third-order valence-electron chi connectivity index (χ3n) is 1.65. The molecule has 0 aliphatic heterocycles. The lowest BCUT2D eigenvalue weighted by Crippen LogP contribution is -2.03. The molecule has 0 fully saturated rings. The first-order valence-corrected chi connectivity index (χ1v) is 4.57. The van der Waals surface area contributed by atoms with Crippen molar-refractivity contribution in [1.29, 1.82) is 0 Å². The Morgan fingerprint density at radius 2 is 2.00 bits per heavy atom. The van der Waals surface area contributed by atoms with Crippen molar-refractivity contribution in [3.8, 4) is 0 Å². The van der Waals surface area contributed by atoms with Gasteiger partial charge in [-0.25, -0.2) is 0 Å². The molecule has 0 unspecified atom stereocenters. The molecule has 0 saturated heterocycles. The molecule has 1 aromatic rings. The van der Waals surface area contributed by atoms with Gasteiger partial charge in [0.2, 0.25) is 0 Å². The molecule has 0 saturated carbocycles. The first kappa shape index (κ1) is 11.0. The summed E-state index contributed by atoms with van der Waals surface area (Å²) in [4.78, 5) is 10.6. The zero-order chi connectivity index (χ0) is 10.2. The van der Waals surface area contributed by atoms with Crippen molar-refractivity contribution < 1.29 is 13.8 Å². The summed E-state index contributed by atoms with van der Waals surface area (Å²) in [6.45, 7) is 0.816. The summed E-state index contributed by atoms with van der Waals surface area (Å²) in [6, 6.07) is 9.73. The second-order valence-corrected chi connectivity index (χ2v) is 2.89. The second kappa shape index (κ2) is 6.40. The summed E-state index contributed by atoms with van der Waals surface area (Å²) in [5.74, 6) is -0.472. The smallest absolute Gasteiger partial charge is 0.327 e. The number of carbonyl (C=O) groups excluding carboxylic acids is 1. The summed E-state index contributed by atoms with van der Waals surface area (Å²) in [5, 5.41) is 0. The fraction of sp³-hybridized carbons (Fsp3) is 0.300. The zero-order valence-corrected chi connectivity index (χ0v) is 8.37. The highest BCUT2D eigenvalue weighted by atomic mass is 35.5. The van der Waals surface area contributed by atoms with E-state index in [1.165, 1.54) is 0 Å². The number of carbonyl (C=O) groups is 1. The molecule has 1 aromatic carbocycles. The summed E-state index contributed by atoms with van der Waals surface area (Å²) in [7, 11) is 0. The van der Waals surface area contributed by atoms with Crippen LogP contribution in [0.3, 0.4) is 0 Å². The quantitative estimate of drug-likeness (QED) is 0.706. The Kier molecular flexibility index (Phi) is 5.04. The standard InChI is InChI=1S/C10H11ClO3/c11-14-10(12)6-7-13-8-9-4-2-1-3-5-9/h1-5H,6-8H2. The molecule has 4 heteroatoms. The average Bonchev–Trinajstić information content (AvgIpc) is 2.25. The Morgan fingerprint density at radius 1 is 1.29 bits per heavy atom. The summed E-state index contributed by atoms with van der Waals surface area (Å²) < 4.78 is 9.19. The highest BCUT2D eigenvalue weighted by Crippen LogP contribution is 2.01. The Labute approximate surface area is 87.8 Å². The molecule has 76 valence electrons. The molecule has 0 aliphatic carbocycles. The Hall–Kier alpha value is -1.06. The van der Waals surface area contributed by atoms with E-state index in [0.717, 1.165) is 5.56 Å². The van der Waals surface area contributed by atoms with Crippen molar-refractivity contribution in [2.24, 2.45) is 0 Å². The SMILES string of the molecule is O=C(CCOCc1ccccc1)OCl. The van der Waals surface area contributed by atoms with Gasteiger partial charge in [0.05, 0.1) is 19.6 Å². The van der Waals surface area contributed by atoms with Gasteiger partial charge in [-0.1, -0.05) is 30.3 Å². The number of ether oxygens (including phenoxy) is 1. The molecular formula is C10H11ClO3. The van der Waals surface area contributed by atoms with Crippen LogP contribution in [-0.2, 0) is 20.4 Å². The predicted octanol–water partition coefficient (Wildman–Crippen LogP) is 2.29. The van der Waals surface area contributed by atoms with Crippen LogP contribution in [-0.4, -0.2) is 12.6 Å². The topological polar surface area (TPSA) is 35.5 Å². The molecule has 0 aromatic heterocycles. The van der Waals surface area contributed by atoms with E-state index in [1.54, 1.807) is 0 Å². The zero-order valence-electron chi connectivity index (χ0n) is 7.61. The number of rotatable bonds is 5. The van der Waals surface area contributed by atoms with Crippen LogP contribution in [0.5, 0.6) is 0 Å². The number of halogens is 1. The number of benzene rings is 1. The molecule has 3 nitrogen and oxygen atoms in total. The highest BCUT2D eigenvalue weighted by Gasteiger charge is 2.00. The van der Waals surface area contributed by atoms with E-state index in [4.69, 9.17) is 16.6 Å². The Balaban J connectivity index is 2.13. The van der Waals surface area contributed by atoms with E-state index >= 15 is 0 Å². The normalized spacial score (nSPS) is 9.79. The van der Waals surface area contributed by atoms with Crippen LogP contribution in [0.25, 0.3) is 0 Å². The first-order valence-electron chi connectivity index (χ1n) is 4.26. The lowest BCUT2D eigenvalue weighted by molar-refractivity contribution is -0.135. The van der Waals surface area contributed by atoms with Gasteiger partial charge in [0, 0.05) is 0 Å². The van der Waals surface area contributed by atoms with E-state index < -0.39 is 5.97 Å². The number of hydrogen-bond donors (Lipinski definition) is 0. The van der Waals surface area contributed by atoms with Crippen LogP contribution >= 0.6 is 11.9 Å². The van der Waals surface area contributed by atoms with E-state index in [-0.39, 0.29) is 6.42 Å². The van der Waals surface area contributed by atoms with Crippen molar-refractivity contribution in [3.63, 3.8) is 0 Å². The molecule has 0 heterocycles. The molecule has 1 rings (SSSR count). The number of hydrogen-bond acceptors (Lipinski definition) is 3. The molecule has 0 radical (unpaired) electrons. The molecule has 0 spiro atoms. The van der Waals surface area contributed by atoms with Gasteiger partial charge in [-0.3, -0.25) is 4.79 Å². The summed E-state index contributed by atoms with van der Waals surface area (Å²) in [5.41, 5.74) is 1.08. The molecular weight excluding hydrogens is 204 g/mol. The van der Waals surface area contributed by atoms with Gasteiger partial charge in [0.15, 0.2) is 0 Å². The highest BCUT2D eigenvalue weighted by molar-refractivity contribution is 6.13. The summed E-state index contributed by atoms with van der Waals surface area (Å²) >= 11 is 4.84. The molecule has 0 N–H and O–H groups in total. The minimum atomic E-state index is -0.472. The van der Waals surface area contributed by atoms with E-state index in [2.05, 4.69) is 4.29 Å². The van der Waals surface area contributed by atoms with Crippen molar-refractivity contribution in [2.45, 2.75) is 13.0 Å². The van der Waals surface area contributed by atoms with Crippen LogP contribution in [0, 0.1) is 0 Å². The van der Waals surface area contributed by atoms with E-state index in [0.29, 0.717) is 13.2 Å². The fourth-order valence-corrected chi connectivity index (χ4v) is 1.04. The Bertz CT molecular complexity index is 274. The van der Waals surface area contributed by atoms with Gasteiger partial charge in [-0.05, 0) is 5.56 Å². The minimum absolute atomic E-state index is 0.177. The average molecular weight is 215 g/mol. The predicted molar refractivity (Wildman–Crippen MR) is 52.7 cm³/mol. The van der Waals surface area contributed by atoms with Crippen LogP contribution in [0.4, 0.5) is 0 Å². The monoisotopic (exact) mass is 214 g/mol. The minimum Gasteiger partial charge on any atom is -0.376 e. The maximum atomic E-state index is 10.6. The van der Waals surface area contributed by atoms with Gasteiger partial charge >= 0.3 is 5.97 Å². The van der Waals surface area contributed by atoms with E-state index in [1.807, 2.05) is 30.3 Å². The van der Waals surface area contributed by atoms with Crippen molar-refractivity contribution in [2.75, 3.05) is 6.61 Å². The maximum absolute atomic E-state index is 10.6. The van der Waals surface area contributed by atoms with Crippen LogP contribution in [0.15, 0.2) is 30.3 Å². The van der Waals surface area contributed by atoms with E-state index in [9.17, 15) is 4.79 Å². The van der Waals surface area contributed by atoms with Crippen LogP contribution < -0.4 is 0 Å². The van der Waals surface area contributed by atoms with Crippen LogP contribution in [0.2, 0.25) is 0 Å². The van der Waals surface area contributed by atoms with Gasteiger partial charge < -0.3 is 9.03 Å². The van der Waals surface area contributed by atoms with Gasteiger partial charge in [-0.2, -0.15) is 0 Å². The van der Waals surface area contributed by atoms with Crippen molar-refractivity contribution in [1.82, 2.24) is 0 Å². The fourth-order valence-electron chi connectivity index (χ4n) is 0.958. The molecule has 0 bridgehead atoms. The van der Waals surface area contributed by atoms with Gasteiger partial charge in [0.25, 0.3) is 0 Å². The lowest BCUT2D eigenvalue weighted by Gasteiger charge is -2.02. The van der Waals surface area contributed by atoms with Crippen molar-refractivity contribution in [3.05, 3.63) is 35.9 Å². The molecule has 0 aliphatic rings. The third kappa shape index (κ3) is 4.25. The molecule has 14 heavy (non-hydrogen) atoms. The maximum Gasteiger partial charge on any atom is 0.327 e. The van der Waals surface area contributed by atoms with Gasteiger partial charge in [0.1, 0.15) is 11.9 Å². The Morgan fingerprint density at radius 3 is 2.64 bits per heavy atom. The van der Waals surface area contributed by atoms with Crippen LogP contribution in [0.1, 0.15) is 12.0 Å². The third-order valence-corrected chi connectivity index (χ3v) is 1.82. The molecule has 0 atom stereocenters. The largest absolute Gasteiger partial charge is 0.376 e. The lowest BCUT2D eigenvalue weighted by atomic mass is 10.2.